The zero-order chi connectivity index (χ0) is 21.9. The summed E-state index contributed by atoms with van der Waals surface area (Å²) in [6.45, 7) is 1.35. The van der Waals surface area contributed by atoms with E-state index in [1.165, 1.54) is 37.3 Å². The van der Waals surface area contributed by atoms with Crippen molar-refractivity contribution < 1.29 is 37.7 Å². The minimum Gasteiger partial charge on any atom is -0.478 e. The Morgan fingerprint density at radius 2 is 1.55 bits per heavy atom. The Kier molecular flexibility index (Phi) is 5.86. The molecule has 0 saturated carbocycles. The highest BCUT2D eigenvalue weighted by molar-refractivity contribution is 5.91. The number of carboxylic acid groups (broad SMARTS) is 1. The lowest BCUT2D eigenvalue weighted by atomic mass is 10.1. The maximum atomic E-state index is 12.9. The van der Waals surface area contributed by atoms with Gasteiger partial charge in [-0.15, -0.1) is 0 Å². The fourth-order valence-electron chi connectivity index (χ4n) is 2.20. The number of hydrogen-bond acceptors (Lipinski definition) is 6. The lowest BCUT2D eigenvalue weighted by Gasteiger charge is -2.11. The van der Waals surface area contributed by atoms with Gasteiger partial charge in [-0.2, -0.15) is 13.2 Å². The maximum absolute atomic E-state index is 12.9. The predicted molar refractivity (Wildman–Crippen MR) is 92.6 cm³/mol. The van der Waals surface area contributed by atoms with Crippen LogP contribution in [0.3, 0.4) is 0 Å². The first kappa shape index (κ1) is 21.3. The fraction of sp³-hybridized carbons (Fsp3) is 0.118. The molecule has 2 rings (SSSR count). The molecule has 0 heterocycles. The van der Waals surface area contributed by atoms with Gasteiger partial charge in [-0.1, -0.05) is 12.1 Å². The van der Waals surface area contributed by atoms with E-state index in [-0.39, 0.29) is 23.5 Å². The number of hydrogen-bond donors (Lipinski definition) is 1. The second kappa shape index (κ2) is 7.96. The van der Waals surface area contributed by atoms with Crippen molar-refractivity contribution in [3.63, 3.8) is 0 Å². The van der Waals surface area contributed by atoms with E-state index in [1.54, 1.807) is 0 Å². The van der Waals surface area contributed by atoms with Gasteiger partial charge in [0.25, 0.3) is 5.75 Å². The van der Waals surface area contributed by atoms with Crippen molar-refractivity contribution in [2.45, 2.75) is 13.1 Å². The van der Waals surface area contributed by atoms with Crippen LogP contribution in [-0.4, -0.2) is 20.9 Å². The predicted octanol–water partition coefficient (Wildman–Crippen LogP) is 4.80. The van der Waals surface area contributed by atoms with Gasteiger partial charge in [-0.05, 0) is 30.7 Å². The zero-order valence-electron chi connectivity index (χ0n) is 14.5. The molecule has 152 valence electrons. The van der Waals surface area contributed by atoms with Crippen molar-refractivity contribution >= 4 is 23.4 Å². The third-order valence-corrected chi connectivity index (χ3v) is 3.59. The van der Waals surface area contributed by atoms with Crippen LogP contribution in [-0.2, 0) is 11.0 Å². The molecular formula is C17H11F3N2O7. The van der Waals surface area contributed by atoms with E-state index in [4.69, 9.17) is 9.84 Å². The molecule has 0 fully saturated rings. The van der Waals surface area contributed by atoms with Crippen LogP contribution in [0.2, 0.25) is 0 Å². The molecule has 29 heavy (non-hydrogen) atoms. The zero-order valence-corrected chi connectivity index (χ0v) is 14.5. The molecule has 0 aromatic heterocycles. The van der Waals surface area contributed by atoms with Crippen LogP contribution < -0.4 is 4.74 Å². The Morgan fingerprint density at radius 3 is 1.93 bits per heavy atom. The molecule has 0 aliphatic carbocycles. The summed E-state index contributed by atoms with van der Waals surface area (Å²) < 4.78 is 43.9. The normalized spacial score (nSPS) is 11.8. The number of halogens is 3. The number of nitrogens with zero attached hydrogens (tertiary/aromatic N) is 2. The molecule has 1 N–H and O–H groups in total. The number of nitro benzene ring substituents is 2. The van der Waals surface area contributed by atoms with Crippen LogP contribution in [0.1, 0.15) is 18.1 Å². The first-order valence-electron chi connectivity index (χ1n) is 7.63. The molecule has 0 spiro atoms. The number of carbonyl (C=O) groups is 1. The first-order chi connectivity index (χ1) is 13.4. The van der Waals surface area contributed by atoms with Crippen molar-refractivity contribution in [3.05, 3.63) is 73.3 Å². The van der Waals surface area contributed by atoms with E-state index in [1.807, 2.05) is 0 Å². The standard InChI is InChI=1S/C17H11F3N2O7/c1-9(16(23)24)6-10-2-4-12(5-3-10)29-15-13(21(25)26)7-11(17(18,19)20)8-14(15)22(27)28/h2-8H,1H3,(H,23,24)/b9-6+. The van der Waals surface area contributed by atoms with Gasteiger partial charge in [0.1, 0.15) is 5.75 Å². The van der Waals surface area contributed by atoms with Crippen LogP contribution in [0.5, 0.6) is 11.5 Å². The van der Waals surface area contributed by atoms with E-state index in [0.717, 1.165) is 0 Å². The summed E-state index contributed by atoms with van der Waals surface area (Å²) in [5.41, 5.74) is -3.57. The summed E-state index contributed by atoms with van der Waals surface area (Å²) in [5.74, 6) is -2.25. The van der Waals surface area contributed by atoms with Crippen LogP contribution in [0.25, 0.3) is 6.08 Å². The van der Waals surface area contributed by atoms with E-state index < -0.39 is 44.7 Å². The summed E-state index contributed by atoms with van der Waals surface area (Å²) in [6.07, 6.45) is -3.72. The average molecular weight is 412 g/mol. The van der Waals surface area contributed by atoms with Crippen LogP contribution in [0.4, 0.5) is 24.5 Å². The second-order valence-electron chi connectivity index (χ2n) is 5.66. The van der Waals surface area contributed by atoms with E-state index in [2.05, 4.69) is 0 Å². The third-order valence-electron chi connectivity index (χ3n) is 3.59. The third kappa shape index (κ3) is 5.06. The molecule has 12 heteroatoms. The molecule has 2 aromatic rings. The van der Waals surface area contributed by atoms with Crippen LogP contribution in [0, 0.1) is 20.2 Å². The number of ether oxygens (including phenoxy) is 1. The van der Waals surface area contributed by atoms with Crippen LogP contribution in [0.15, 0.2) is 42.0 Å². The highest BCUT2D eigenvalue weighted by Gasteiger charge is 2.38. The van der Waals surface area contributed by atoms with E-state index in [9.17, 15) is 38.2 Å². The van der Waals surface area contributed by atoms with E-state index >= 15 is 0 Å². The van der Waals surface area contributed by atoms with Crippen molar-refractivity contribution in [3.8, 4) is 11.5 Å². The number of aliphatic carboxylic acids is 1. The topological polar surface area (TPSA) is 133 Å². The Morgan fingerprint density at radius 1 is 1.07 bits per heavy atom. The summed E-state index contributed by atoms with van der Waals surface area (Å²) in [6, 6.07) is 5.48. The maximum Gasteiger partial charge on any atom is 0.416 e. The van der Waals surface area contributed by atoms with E-state index in [0.29, 0.717) is 5.56 Å². The Bertz CT molecular complexity index is 980. The van der Waals surface area contributed by atoms with Crippen molar-refractivity contribution in [2.24, 2.45) is 0 Å². The number of alkyl halides is 3. The SMILES string of the molecule is C/C(=C\c1ccc(Oc2c([N+](=O)[O-])cc(C(F)(F)F)cc2[N+](=O)[O-])cc1)C(=O)O. The summed E-state index contributed by atoms with van der Waals surface area (Å²) in [5, 5.41) is 31.2. The molecule has 2 aromatic carbocycles. The first-order valence-corrected chi connectivity index (χ1v) is 7.63. The Balaban J connectivity index is 2.51. The minimum atomic E-state index is -5.04. The van der Waals surface area contributed by atoms with Gasteiger partial charge >= 0.3 is 23.5 Å². The van der Waals surface area contributed by atoms with Gasteiger partial charge in [0, 0.05) is 17.7 Å². The highest BCUT2D eigenvalue weighted by Crippen LogP contribution is 2.44. The average Bonchev–Trinajstić information content (AvgIpc) is 2.61. The molecule has 0 aliphatic rings. The number of rotatable bonds is 6. The molecule has 9 nitrogen and oxygen atoms in total. The molecular weight excluding hydrogens is 401 g/mol. The fourth-order valence-corrected chi connectivity index (χ4v) is 2.20. The van der Waals surface area contributed by atoms with Gasteiger partial charge < -0.3 is 9.84 Å². The number of carboxylic acids is 1. The van der Waals surface area contributed by atoms with Gasteiger partial charge in [0.05, 0.1) is 15.4 Å². The largest absolute Gasteiger partial charge is 0.478 e. The molecule has 0 aliphatic heterocycles. The molecule has 0 atom stereocenters. The number of nitro groups is 2. The summed E-state index contributed by atoms with van der Waals surface area (Å²) in [4.78, 5) is 30.7. The molecule has 0 bridgehead atoms. The van der Waals surface area contributed by atoms with Crippen LogP contribution >= 0.6 is 0 Å². The lowest BCUT2D eigenvalue weighted by molar-refractivity contribution is -0.396. The summed E-state index contributed by atoms with van der Waals surface area (Å²) >= 11 is 0. The second-order valence-corrected chi connectivity index (χ2v) is 5.66. The number of benzene rings is 2. The smallest absolute Gasteiger partial charge is 0.416 e. The Hall–Kier alpha value is -3.96. The van der Waals surface area contributed by atoms with Crippen molar-refractivity contribution in [2.75, 3.05) is 0 Å². The minimum absolute atomic E-state index is 0.0210. The Labute approximate surface area is 159 Å². The lowest BCUT2D eigenvalue weighted by Crippen LogP contribution is -2.08. The monoisotopic (exact) mass is 412 g/mol. The van der Waals surface area contributed by atoms with Gasteiger partial charge in [-0.3, -0.25) is 20.2 Å². The van der Waals surface area contributed by atoms with Crippen molar-refractivity contribution in [1.29, 1.82) is 0 Å². The highest BCUT2D eigenvalue weighted by atomic mass is 19.4. The molecule has 0 saturated heterocycles. The van der Waals surface area contributed by atoms with Gasteiger partial charge in [0.15, 0.2) is 0 Å². The molecule has 0 radical (unpaired) electrons. The molecule has 0 amide bonds. The summed E-state index contributed by atoms with van der Waals surface area (Å²) in [7, 11) is 0. The quantitative estimate of drug-likeness (QED) is 0.409. The van der Waals surface area contributed by atoms with Gasteiger partial charge in [0.2, 0.25) is 0 Å². The molecule has 0 unspecified atom stereocenters. The van der Waals surface area contributed by atoms with Crippen molar-refractivity contribution in [1.82, 2.24) is 0 Å². The van der Waals surface area contributed by atoms with Gasteiger partial charge in [-0.25, -0.2) is 4.79 Å².